The highest BCUT2D eigenvalue weighted by Gasteiger charge is 2.39. The molecular formula is C13H20O2. The first-order valence-corrected chi connectivity index (χ1v) is 5.93. The first-order valence-electron chi connectivity index (χ1n) is 5.93. The summed E-state index contributed by atoms with van der Waals surface area (Å²) in [5, 5.41) is 19.6. The highest BCUT2D eigenvalue weighted by molar-refractivity contribution is 5.20. The molecule has 1 fully saturated rings. The SMILES string of the molecule is OCC1([C@H]2CCCC[C@@H]2O)C=CCC=C1. The van der Waals surface area contributed by atoms with Crippen molar-refractivity contribution in [3.8, 4) is 0 Å². The summed E-state index contributed by atoms with van der Waals surface area (Å²) in [6.07, 6.45) is 13.3. The minimum atomic E-state index is -0.294. The van der Waals surface area contributed by atoms with E-state index < -0.39 is 0 Å². The topological polar surface area (TPSA) is 40.5 Å². The van der Waals surface area contributed by atoms with E-state index in [0.717, 1.165) is 25.7 Å². The fourth-order valence-electron chi connectivity index (χ4n) is 2.92. The van der Waals surface area contributed by atoms with Gasteiger partial charge in [-0.1, -0.05) is 37.1 Å². The molecule has 0 unspecified atom stereocenters. The lowest BCUT2D eigenvalue weighted by Crippen LogP contribution is -2.40. The Hall–Kier alpha value is -0.600. The fourth-order valence-corrected chi connectivity index (χ4v) is 2.92. The molecule has 1 saturated carbocycles. The van der Waals surface area contributed by atoms with E-state index in [1.807, 2.05) is 0 Å². The van der Waals surface area contributed by atoms with E-state index >= 15 is 0 Å². The quantitative estimate of drug-likeness (QED) is 0.682. The highest BCUT2D eigenvalue weighted by Crippen LogP contribution is 2.42. The van der Waals surface area contributed by atoms with Crippen LogP contribution in [0.15, 0.2) is 24.3 Å². The maximum atomic E-state index is 10.0. The third kappa shape index (κ3) is 2.01. The van der Waals surface area contributed by atoms with E-state index in [1.165, 1.54) is 6.42 Å². The number of aliphatic hydroxyl groups is 2. The van der Waals surface area contributed by atoms with E-state index in [1.54, 1.807) is 0 Å². The number of hydrogen-bond acceptors (Lipinski definition) is 2. The molecule has 0 heterocycles. The van der Waals surface area contributed by atoms with Gasteiger partial charge in [-0.2, -0.15) is 0 Å². The van der Waals surface area contributed by atoms with Gasteiger partial charge in [0, 0.05) is 5.41 Å². The summed E-state index contributed by atoms with van der Waals surface area (Å²) >= 11 is 0. The second kappa shape index (κ2) is 4.50. The summed E-state index contributed by atoms with van der Waals surface area (Å²) in [5.41, 5.74) is -0.294. The van der Waals surface area contributed by atoms with Gasteiger partial charge in [0.25, 0.3) is 0 Å². The number of rotatable bonds is 2. The van der Waals surface area contributed by atoms with Crippen LogP contribution < -0.4 is 0 Å². The maximum absolute atomic E-state index is 10.0. The molecule has 0 spiro atoms. The van der Waals surface area contributed by atoms with Crippen LogP contribution in [0.25, 0.3) is 0 Å². The van der Waals surface area contributed by atoms with E-state index in [4.69, 9.17) is 0 Å². The smallest absolute Gasteiger partial charge is 0.0580 e. The lowest BCUT2D eigenvalue weighted by molar-refractivity contribution is 0.00359. The summed E-state index contributed by atoms with van der Waals surface area (Å²) in [4.78, 5) is 0. The summed E-state index contributed by atoms with van der Waals surface area (Å²) in [7, 11) is 0. The minimum absolute atomic E-state index is 0.113. The zero-order chi connectivity index (χ0) is 10.7. The molecular weight excluding hydrogens is 188 g/mol. The summed E-state index contributed by atoms with van der Waals surface area (Å²) in [6, 6.07) is 0. The predicted molar refractivity (Wildman–Crippen MR) is 60.4 cm³/mol. The Morgan fingerprint density at radius 3 is 2.40 bits per heavy atom. The highest BCUT2D eigenvalue weighted by atomic mass is 16.3. The second-order valence-electron chi connectivity index (χ2n) is 4.77. The second-order valence-corrected chi connectivity index (χ2v) is 4.77. The van der Waals surface area contributed by atoms with Gasteiger partial charge in [-0.15, -0.1) is 0 Å². The largest absolute Gasteiger partial charge is 0.395 e. The lowest BCUT2D eigenvalue weighted by atomic mass is 9.66. The number of allylic oxidation sites excluding steroid dienone is 2. The van der Waals surface area contributed by atoms with Crippen LogP contribution in [0.5, 0.6) is 0 Å². The predicted octanol–water partition coefficient (Wildman–Crippen LogP) is 2.03. The Labute approximate surface area is 91.3 Å². The average Bonchev–Trinajstić information content (AvgIpc) is 2.30. The van der Waals surface area contributed by atoms with Crippen LogP contribution in [0.2, 0.25) is 0 Å². The van der Waals surface area contributed by atoms with E-state index in [0.29, 0.717) is 0 Å². The van der Waals surface area contributed by atoms with Crippen LogP contribution in [0.4, 0.5) is 0 Å². The van der Waals surface area contributed by atoms with Gasteiger partial charge < -0.3 is 10.2 Å². The standard InChI is InChI=1S/C13H20O2/c14-10-13(8-4-1-5-9-13)11-6-2-3-7-12(11)15/h4-5,8-9,11-12,14-15H,1-3,6-7,10H2/t11-,12-/m0/s1. The van der Waals surface area contributed by atoms with Crippen molar-refractivity contribution < 1.29 is 10.2 Å². The average molecular weight is 208 g/mol. The van der Waals surface area contributed by atoms with Gasteiger partial charge >= 0.3 is 0 Å². The molecule has 2 aliphatic rings. The minimum Gasteiger partial charge on any atom is -0.395 e. The summed E-state index contributed by atoms with van der Waals surface area (Å²) < 4.78 is 0. The van der Waals surface area contributed by atoms with Gasteiger partial charge in [0.2, 0.25) is 0 Å². The molecule has 0 bridgehead atoms. The van der Waals surface area contributed by atoms with E-state index in [9.17, 15) is 10.2 Å². The van der Waals surface area contributed by atoms with Gasteiger partial charge in [-0.3, -0.25) is 0 Å². The number of aliphatic hydroxyl groups excluding tert-OH is 2. The van der Waals surface area contributed by atoms with E-state index in [-0.39, 0.29) is 24.0 Å². The molecule has 2 aliphatic carbocycles. The van der Waals surface area contributed by atoms with Crippen LogP contribution in [0.1, 0.15) is 32.1 Å². The van der Waals surface area contributed by atoms with Crippen LogP contribution in [-0.4, -0.2) is 22.9 Å². The Bertz CT molecular complexity index is 256. The van der Waals surface area contributed by atoms with Gasteiger partial charge in [0.05, 0.1) is 12.7 Å². The fraction of sp³-hybridized carbons (Fsp3) is 0.692. The number of hydrogen-bond donors (Lipinski definition) is 2. The van der Waals surface area contributed by atoms with Gasteiger partial charge in [0.1, 0.15) is 0 Å². The molecule has 2 N–H and O–H groups in total. The summed E-state index contributed by atoms with van der Waals surface area (Å²) in [6.45, 7) is 0.113. The van der Waals surface area contributed by atoms with Gasteiger partial charge in [-0.05, 0) is 25.2 Å². The molecule has 0 radical (unpaired) electrons. The van der Waals surface area contributed by atoms with Crippen molar-refractivity contribution in [2.24, 2.45) is 11.3 Å². The van der Waals surface area contributed by atoms with Crippen LogP contribution >= 0.6 is 0 Å². The van der Waals surface area contributed by atoms with Crippen LogP contribution in [0.3, 0.4) is 0 Å². The molecule has 0 saturated heterocycles. The Balaban J connectivity index is 2.20. The zero-order valence-corrected chi connectivity index (χ0v) is 9.10. The van der Waals surface area contributed by atoms with Crippen molar-refractivity contribution in [2.75, 3.05) is 6.61 Å². The Kier molecular flexibility index (Phi) is 3.27. The van der Waals surface area contributed by atoms with Crippen LogP contribution in [0, 0.1) is 11.3 Å². The molecule has 0 aromatic heterocycles. The first-order chi connectivity index (χ1) is 7.28. The lowest BCUT2D eigenvalue weighted by Gasteiger charge is -2.41. The molecule has 2 nitrogen and oxygen atoms in total. The Morgan fingerprint density at radius 1 is 1.13 bits per heavy atom. The maximum Gasteiger partial charge on any atom is 0.0580 e. The van der Waals surface area contributed by atoms with Crippen molar-refractivity contribution in [2.45, 2.75) is 38.2 Å². The van der Waals surface area contributed by atoms with Gasteiger partial charge in [-0.25, -0.2) is 0 Å². The normalized spacial score (nSPS) is 34.3. The molecule has 84 valence electrons. The van der Waals surface area contributed by atoms with E-state index in [2.05, 4.69) is 24.3 Å². The van der Waals surface area contributed by atoms with Crippen molar-refractivity contribution in [1.82, 2.24) is 0 Å². The van der Waals surface area contributed by atoms with Crippen molar-refractivity contribution in [3.05, 3.63) is 24.3 Å². The third-order valence-corrected chi connectivity index (χ3v) is 3.82. The third-order valence-electron chi connectivity index (χ3n) is 3.82. The van der Waals surface area contributed by atoms with Crippen LogP contribution in [-0.2, 0) is 0 Å². The molecule has 15 heavy (non-hydrogen) atoms. The monoisotopic (exact) mass is 208 g/mol. The zero-order valence-electron chi connectivity index (χ0n) is 9.10. The molecule has 2 heteroatoms. The molecule has 0 aromatic carbocycles. The molecule has 0 aliphatic heterocycles. The molecule has 0 amide bonds. The van der Waals surface area contributed by atoms with Crippen molar-refractivity contribution in [1.29, 1.82) is 0 Å². The summed E-state index contributed by atoms with van der Waals surface area (Å²) in [5.74, 6) is 0.198. The molecule has 0 aromatic rings. The van der Waals surface area contributed by atoms with Crippen molar-refractivity contribution >= 4 is 0 Å². The van der Waals surface area contributed by atoms with Crippen molar-refractivity contribution in [3.63, 3.8) is 0 Å². The molecule has 2 atom stereocenters. The molecule has 2 rings (SSSR count). The first kappa shape index (κ1) is 10.9. The Morgan fingerprint density at radius 2 is 1.80 bits per heavy atom. The van der Waals surface area contributed by atoms with Gasteiger partial charge in [0.15, 0.2) is 0 Å².